The van der Waals surface area contributed by atoms with Crippen molar-refractivity contribution in [2.45, 2.75) is 46.1 Å². The Morgan fingerprint density at radius 3 is 2.51 bits per heavy atom. The van der Waals surface area contributed by atoms with Crippen LogP contribution in [0, 0.1) is 18.8 Å². The second kappa shape index (κ2) is 11.4. The maximum absolute atomic E-state index is 11.9. The van der Waals surface area contributed by atoms with Gasteiger partial charge >= 0.3 is 5.97 Å². The molecule has 0 bridgehead atoms. The number of aliphatic carboxylic acids is 1. The second-order valence-corrected chi connectivity index (χ2v) is 11.1. The molecule has 0 amide bonds. The number of ether oxygens (including phenoxy) is 1. The lowest BCUT2D eigenvalue weighted by Crippen LogP contribution is -2.10. The van der Waals surface area contributed by atoms with Crippen LogP contribution in [-0.2, 0) is 17.6 Å². The predicted molar refractivity (Wildman–Crippen MR) is 162 cm³/mol. The van der Waals surface area contributed by atoms with E-state index in [9.17, 15) is 9.90 Å². The smallest absolute Gasteiger partial charge is 0.307 e. The molecular formula is C35H32N2O4. The zero-order valence-electron chi connectivity index (χ0n) is 23.7. The number of nitrogens with zero attached hydrogens (tertiary/aromatic N) is 2. The number of aryl methyl sites for hydroxylation is 1. The van der Waals surface area contributed by atoms with Crippen LogP contribution in [0.2, 0.25) is 0 Å². The highest BCUT2D eigenvalue weighted by Gasteiger charge is 2.22. The van der Waals surface area contributed by atoms with Crippen LogP contribution in [0.4, 0.5) is 0 Å². The summed E-state index contributed by atoms with van der Waals surface area (Å²) in [6, 6.07) is 21.6. The Balaban J connectivity index is 0.000000623. The summed E-state index contributed by atoms with van der Waals surface area (Å²) in [6.07, 6.45) is 2.55. The molecule has 0 unspecified atom stereocenters. The highest BCUT2D eigenvalue weighted by atomic mass is 16.5. The van der Waals surface area contributed by atoms with Crippen molar-refractivity contribution in [1.29, 1.82) is 0 Å². The van der Waals surface area contributed by atoms with Gasteiger partial charge in [-0.25, -0.2) is 4.98 Å². The molecule has 1 aliphatic rings. The van der Waals surface area contributed by atoms with E-state index in [1.807, 2.05) is 79.9 Å². The van der Waals surface area contributed by atoms with Crippen molar-refractivity contribution >= 4 is 27.8 Å². The van der Waals surface area contributed by atoms with E-state index in [4.69, 9.17) is 19.8 Å². The summed E-state index contributed by atoms with van der Waals surface area (Å²) in [5.74, 6) is 6.25. The largest absolute Gasteiger partial charge is 0.493 e. The molecule has 3 aromatic carbocycles. The predicted octanol–water partition coefficient (Wildman–Crippen LogP) is 6.50. The average molecular weight is 545 g/mol. The van der Waals surface area contributed by atoms with Crippen LogP contribution in [0.15, 0.2) is 72.9 Å². The summed E-state index contributed by atoms with van der Waals surface area (Å²) in [5.41, 5.74) is 7.23. The Kier molecular flexibility index (Phi) is 7.74. The van der Waals surface area contributed by atoms with Gasteiger partial charge in [0.2, 0.25) is 0 Å². The maximum atomic E-state index is 11.9. The van der Waals surface area contributed by atoms with Crippen LogP contribution in [0.5, 0.6) is 5.75 Å². The van der Waals surface area contributed by atoms with Gasteiger partial charge in [0, 0.05) is 34.5 Å². The number of fused-ring (bicyclic) bond motifs is 1. The third-order valence-electron chi connectivity index (χ3n) is 6.60. The molecule has 0 atom stereocenters. The van der Waals surface area contributed by atoms with Crippen molar-refractivity contribution in [2.24, 2.45) is 0 Å². The first kappa shape index (κ1) is 27.8. The first-order valence-electron chi connectivity index (χ1n) is 13.6. The molecule has 0 radical (unpaired) electrons. The number of aromatic nitrogens is 2. The van der Waals surface area contributed by atoms with Crippen LogP contribution >= 0.6 is 0 Å². The zero-order chi connectivity index (χ0) is 29.1. The SMILES string of the molecule is CC(C)(C)O.Cc1cc2nc(C#Cc3ccccc3)ccc2c(-c2ccc3c4c(ccnc24)CCO3)c1CC(=O)O. The number of hydrogen-bond acceptors (Lipinski definition) is 5. The number of hydrogen-bond donors (Lipinski definition) is 2. The molecule has 41 heavy (non-hydrogen) atoms. The van der Waals surface area contributed by atoms with Gasteiger partial charge < -0.3 is 14.9 Å². The Labute approximate surface area is 239 Å². The lowest BCUT2D eigenvalue weighted by molar-refractivity contribution is -0.136. The lowest BCUT2D eigenvalue weighted by Gasteiger charge is -2.21. The molecule has 2 aromatic heterocycles. The highest BCUT2D eigenvalue weighted by molar-refractivity contribution is 6.07. The van der Waals surface area contributed by atoms with Crippen molar-refractivity contribution < 1.29 is 19.7 Å². The Bertz CT molecular complexity index is 1810. The third kappa shape index (κ3) is 6.37. The van der Waals surface area contributed by atoms with E-state index in [2.05, 4.69) is 11.8 Å². The van der Waals surface area contributed by atoms with Crippen LogP contribution in [-0.4, -0.2) is 38.4 Å². The fourth-order valence-electron chi connectivity index (χ4n) is 4.97. The van der Waals surface area contributed by atoms with E-state index in [1.54, 1.807) is 20.8 Å². The van der Waals surface area contributed by atoms with E-state index >= 15 is 0 Å². The average Bonchev–Trinajstić information content (AvgIpc) is 2.93. The van der Waals surface area contributed by atoms with E-state index in [0.29, 0.717) is 12.3 Å². The van der Waals surface area contributed by atoms with Crippen molar-refractivity contribution in [2.75, 3.05) is 6.61 Å². The quantitative estimate of drug-likeness (QED) is 0.252. The summed E-state index contributed by atoms with van der Waals surface area (Å²) in [6.45, 7) is 7.81. The first-order chi connectivity index (χ1) is 19.6. The molecule has 206 valence electrons. The number of carbonyl (C=O) groups is 1. The zero-order valence-corrected chi connectivity index (χ0v) is 23.7. The fourth-order valence-corrected chi connectivity index (χ4v) is 4.97. The molecule has 0 aliphatic carbocycles. The number of aliphatic hydroxyl groups is 1. The van der Waals surface area contributed by atoms with Crippen molar-refractivity contribution in [3.05, 3.63) is 101 Å². The molecule has 3 heterocycles. The molecule has 6 rings (SSSR count). The Morgan fingerprint density at radius 2 is 1.78 bits per heavy atom. The van der Waals surface area contributed by atoms with Gasteiger partial charge in [0.1, 0.15) is 11.4 Å². The van der Waals surface area contributed by atoms with E-state index in [0.717, 1.165) is 61.8 Å². The van der Waals surface area contributed by atoms with Crippen molar-refractivity contribution in [1.82, 2.24) is 9.97 Å². The van der Waals surface area contributed by atoms with Gasteiger partial charge in [-0.3, -0.25) is 9.78 Å². The Morgan fingerprint density at radius 1 is 1.02 bits per heavy atom. The van der Waals surface area contributed by atoms with Gasteiger partial charge in [-0.15, -0.1) is 0 Å². The standard InChI is InChI=1S/C31H22N2O3.C4H10O/c1-19-17-26-23(10-9-22(33-26)8-7-20-5-3-2-4-6-20)30(25(19)18-28(34)35)24-11-12-27-29-21(14-16-36-27)13-15-32-31(24)29;1-4(2,3)5/h2-6,9-13,15,17H,14,16,18H2,1H3,(H,34,35);5H,1-3H3. The van der Waals surface area contributed by atoms with E-state index < -0.39 is 11.6 Å². The fraction of sp³-hybridized carbons (Fsp3) is 0.229. The minimum atomic E-state index is -0.879. The van der Waals surface area contributed by atoms with Gasteiger partial charge in [0.15, 0.2) is 0 Å². The molecule has 5 aromatic rings. The third-order valence-corrected chi connectivity index (χ3v) is 6.60. The normalized spacial score (nSPS) is 12.1. The second-order valence-electron chi connectivity index (χ2n) is 11.1. The van der Waals surface area contributed by atoms with Crippen LogP contribution in [0.3, 0.4) is 0 Å². The summed E-state index contributed by atoms with van der Waals surface area (Å²) in [4.78, 5) is 21.4. The molecule has 0 saturated carbocycles. The van der Waals surface area contributed by atoms with E-state index in [1.165, 1.54) is 5.56 Å². The highest BCUT2D eigenvalue weighted by Crippen LogP contribution is 2.42. The van der Waals surface area contributed by atoms with Gasteiger partial charge in [0.25, 0.3) is 0 Å². The van der Waals surface area contributed by atoms with Crippen LogP contribution < -0.4 is 4.74 Å². The Hall–Kier alpha value is -4.73. The number of carboxylic acid groups (broad SMARTS) is 1. The molecule has 0 fully saturated rings. The lowest BCUT2D eigenvalue weighted by atomic mass is 9.88. The summed E-state index contributed by atoms with van der Waals surface area (Å²) in [7, 11) is 0. The maximum Gasteiger partial charge on any atom is 0.307 e. The number of pyridine rings is 2. The monoisotopic (exact) mass is 544 g/mol. The molecule has 6 nitrogen and oxygen atoms in total. The molecular weight excluding hydrogens is 512 g/mol. The number of rotatable bonds is 3. The molecule has 0 spiro atoms. The molecule has 6 heteroatoms. The van der Waals surface area contributed by atoms with Gasteiger partial charge in [0.05, 0.1) is 29.7 Å². The molecule has 2 N–H and O–H groups in total. The number of benzene rings is 3. The first-order valence-corrected chi connectivity index (χ1v) is 13.6. The van der Waals surface area contributed by atoms with E-state index in [-0.39, 0.29) is 6.42 Å². The van der Waals surface area contributed by atoms with Gasteiger partial charge in [-0.1, -0.05) is 24.1 Å². The van der Waals surface area contributed by atoms with Crippen molar-refractivity contribution in [3.63, 3.8) is 0 Å². The van der Waals surface area contributed by atoms with Crippen LogP contribution in [0.25, 0.3) is 32.9 Å². The summed E-state index contributed by atoms with van der Waals surface area (Å²) in [5, 5.41) is 20.1. The number of carboxylic acids is 1. The molecule has 1 aliphatic heterocycles. The summed E-state index contributed by atoms with van der Waals surface area (Å²) >= 11 is 0. The summed E-state index contributed by atoms with van der Waals surface area (Å²) < 4.78 is 5.91. The molecule has 0 saturated heterocycles. The van der Waals surface area contributed by atoms with Crippen LogP contribution in [0.1, 0.15) is 48.7 Å². The van der Waals surface area contributed by atoms with Gasteiger partial charge in [-0.2, -0.15) is 0 Å². The minimum absolute atomic E-state index is 0.0912. The van der Waals surface area contributed by atoms with Crippen molar-refractivity contribution in [3.8, 4) is 28.7 Å². The minimum Gasteiger partial charge on any atom is -0.493 e. The van der Waals surface area contributed by atoms with Gasteiger partial charge in [-0.05, 0) is 104 Å². The topological polar surface area (TPSA) is 92.5 Å².